The SMILES string of the molecule is CC(NC(=O)c1cccn2c(NC(C)(C)C)c(-c3ccc(F)cc3)nc12)C(=O)O. The molecule has 0 spiro atoms. The predicted molar refractivity (Wildman–Crippen MR) is 109 cm³/mol. The molecule has 0 aliphatic rings. The van der Waals surface area contributed by atoms with E-state index in [2.05, 4.69) is 15.6 Å². The van der Waals surface area contributed by atoms with Crippen molar-refractivity contribution >= 4 is 23.3 Å². The van der Waals surface area contributed by atoms with E-state index >= 15 is 0 Å². The molecular weight excluding hydrogens is 375 g/mol. The number of benzene rings is 1. The summed E-state index contributed by atoms with van der Waals surface area (Å²) in [4.78, 5) is 28.4. The maximum absolute atomic E-state index is 13.4. The second-order valence-corrected chi connectivity index (χ2v) is 7.84. The van der Waals surface area contributed by atoms with Gasteiger partial charge >= 0.3 is 5.97 Å². The van der Waals surface area contributed by atoms with E-state index in [1.165, 1.54) is 19.1 Å². The molecule has 2 aromatic heterocycles. The first kappa shape index (κ1) is 20.3. The van der Waals surface area contributed by atoms with Crippen LogP contribution in [0.15, 0.2) is 42.6 Å². The van der Waals surface area contributed by atoms with Crippen LogP contribution in [0.4, 0.5) is 10.2 Å². The number of carbonyl (C=O) groups excluding carboxylic acids is 1. The molecule has 8 heteroatoms. The third kappa shape index (κ3) is 4.37. The number of rotatable bonds is 5. The molecule has 0 bridgehead atoms. The first-order chi connectivity index (χ1) is 13.6. The summed E-state index contributed by atoms with van der Waals surface area (Å²) in [5.41, 5.74) is 1.55. The average Bonchev–Trinajstić information content (AvgIpc) is 2.99. The second-order valence-electron chi connectivity index (χ2n) is 7.84. The van der Waals surface area contributed by atoms with Gasteiger partial charge in [0.05, 0.1) is 5.56 Å². The molecule has 2 heterocycles. The topological polar surface area (TPSA) is 95.7 Å². The Morgan fingerprint density at radius 3 is 2.41 bits per heavy atom. The van der Waals surface area contributed by atoms with Crippen LogP contribution >= 0.6 is 0 Å². The fourth-order valence-electron chi connectivity index (χ4n) is 2.86. The zero-order valence-corrected chi connectivity index (χ0v) is 16.7. The van der Waals surface area contributed by atoms with Crippen LogP contribution in [0.25, 0.3) is 16.9 Å². The summed E-state index contributed by atoms with van der Waals surface area (Å²) in [5.74, 6) is -1.37. The highest BCUT2D eigenvalue weighted by Crippen LogP contribution is 2.32. The quantitative estimate of drug-likeness (QED) is 0.611. The molecule has 1 unspecified atom stereocenters. The third-order valence-corrected chi connectivity index (χ3v) is 4.22. The van der Waals surface area contributed by atoms with Crippen molar-refractivity contribution in [3.63, 3.8) is 0 Å². The molecular formula is C21H23FN4O3. The Hall–Kier alpha value is -3.42. The van der Waals surface area contributed by atoms with Gasteiger partial charge in [-0.25, -0.2) is 9.37 Å². The lowest BCUT2D eigenvalue weighted by Crippen LogP contribution is -2.38. The molecule has 1 amide bonds. The summed E-state index contributed by atoms with van der Waals surface area (Å²) in [6.07, 6.45) is 1.76. The van der Waals surface area contributed by atoms with E-state index in [1.807, 2.05) is 20.8 Å². The van der Waals surface area contributed by atoms with Crippen molar-refractivity contribution in [3.8, 4) is 11.3 Å². The molecule has 1 atom stereocenters. The number of anilines is 1. The Bertz CT molecular complexity index is 1070. The van der Waals surface area contributed by atoms with E-state index in [1.54, 1.807) is 34.9 Å². The smallest absolute Gasteiger partial charge is 0.325 e. The molecule has 7 nitrogen and oxygen atoms in total. The van der Waals surface area contributed by atoms with Gasteiger partial charge in [0.25, 0.3) is 5.91 Å². The standard InChI is InChI=1S/C21H23FN4O3/c1-12(20(28)29)23-19(27)15-6-5-11-26-17(15)24-16(18(26)25-21(2,3)4)13-7-9-14(22)10-8-13/h5-12,25H,1-4H3,(H,23,27)(H,28,29). The van der Waals surface area contributed by atoms with Crippen molar-refractivity contribution in [1.29, 1.82) is 0 Å². The van der Waals surface area contributed by atoms with Crippen LogP contribution in [0.3, 0.4) is 0 Å². The number of carboxylic acids is 1. The summed E-state index contributed by atoms with van der Waals surface area (Å²) < 4.78 is 15.1. The number of halogens is 1. The molecule has 3 N–H and O–H groups in total. The number of aromatic nitrogens is 2. The van der Waals surface area contributed by atoms with Crippen molar-refractivity contribution in [3.05, 3.63) is 54.0 Å². The van der Waals surface area contributed by atoms with Crippen LogP contribution in [0, 0.1) is 5.82 Å². The van der Waals surface area contributed by atoms with Crippen LogP contribution in [-0.4, -0.2) is 37.9 Å². The van der Waals surface area contributed by atoms with E-state index in [-0.39, 0.29) is 16.9 Å². The minimum atomic E-state index is -1.13. The number of carboxylic acid groups (broad SMARTS) is 1. The number of hydrogen-bond donors (Lipinski definition) is 3. The Morgan fingerprint density at radius 1 is 1.17 bits per heavy atom. The Morgan fingerprint density at radius 2 is 1.83 bits per heavy atom. The molecule has 1 aromatic carbocycles. The number of hydrogen-bond acceptors (Lipinski definition) is 4. The van der Waals surface area contributed by atoms with Gasteiger partial charge in [0.1, 0.15) is 23.4 Å². The van der Waals surface area contributed by atoms with Crippen LogP contribution in [0.5, 0.6) is 0 Å². The summed E-state index contributed by atoms with van der Waals surface area (Å²) >= 11 is 0. The summed E-state index contributed by atoms with van der Waals surface area (Å²) in [7, 11) is 0. The minimum absolute atomic E-state index is 0.242. The Kier molecular flexibility index (Phi) is 5.28. The van der Waals surface area contributed by atoms with Gasteiger partial charge in [0, 0.05) is 17.3 Å². The number of nitrogens with zero attached hydrogens (tertiary/aromatic N) is 2. The highest BCUT2D eigenvalue weighted by molar-refractivity contribution is 6.02. The van der Waals surface area contributed by atoms with Crippen LogP contribution < -0.4 is 10.6 Å². The van der Waals surface area contributed by atoms with Crippen molar-refractivity contribution < 1.29 is 19.1 Å². The minimum Gasteiger partial charge on any atom is -0.480 e. The van der Waals surface area contributed by atoms with Crippen molar-refractivity contribution in [2.75, 3.05) is 5.32 Å². The number of fused-ring (bicyclic) bond motifs is 1. The van der Waals surface area contributed by atoms with Crippen molar-refractivity contribution in [1.82, 2.24) is 14.7 Å². The van der Waals surface area contributed by atoms with Crippen LogP contribution in [0.1, 0.15) is 38.1 Å². The van der Waals surface area contributed by atoms with Crippen LogP contribution in [0.2, 0.25) is 0 Å². The van der Waals surface area contributed by atoms with Gasteiger partial charge in [-0.3, -0.25) is 14.0 Å². The van der Waals surface area contributed by atoms with Gasteiger partial charge in [-0.1, -0.05) is 0 Å². The lowest BCUT2D eigenvalue weighted by Gasteiger charge is -2.22. The molecule has 3 aromatic rings. The van der Waals surface area contributed by atoms with Crippen molar-refractivity contribution in [2.45, 2.75) is 39.3 Å². The highest BCUT2D eigenvalue weighted by atomic mass is 19.1. The number of aliphatic carboxylic acids is 1. The van der Waals surface area contributed by atoms with E-state index in [9.17, 15) is 14.0 Å². The van der Waals surface area contributed by atoms with Gasteiger partial charge in [0.15, 0.2) is 5.65 Å². The third-order valence-electron chi connectivity index (χ3n) is 4.22. The summed E-state index contributed by atoms with van der Waals surface area (Å²) in [5, 5.41) is 14.9. The van der Waals surface area contributed by atoms with E-state index in [0.29, 0.717) is 22.7 Å². The molecule has 0 radical (unpaired) electrons. The predicted octanol–water partition coefficient (Wildman–Crippen LogP) is 3.55. The van der Waals surface area contributed by atoms with E-state index in [4.69, 9.17) is 5.11 Å². The largest absolute Gasteiger partial charge is 0.480 e. The van der Waals surface area contributed by atoms with Gasteiger partial charge in [-0.2, -0.15) is 0 Å². The number of imidazole rings is 1. The van der Waals surface area contributed by atoms with E-state index in [0.717, 1.165) is 0 Å². The number of amides is 1. The fourth-order valence-corrected chi connectivity index (χ4v) is 2.86. The molecule has 29 heavy (non-hydrogen) atoms. The normalized spacial score (nSPS) is 12.6. The average molecular weight is 398 g/mol. The molecule has 0 saturated heterocycles. The monoisotopic (exact) mass is 398 g/mol. The maximum atomic E-state index is 13.4. The lowest BCUT2D eigenvalue weighted by molar-refractivity contribution is -0.138. The van der Waals surface area contributed by atoms with Crippen LogP contribution in [-0.2, 0) is 4.79 Å². The molecule has 152 valence electrons. The fraction of sp³-hybridized carbons (Fsp3) is 0.286. The zero-order chi connectivity index (χ0) is 21.3. The second kappa shape index (κ2) is 7.54. The summed E-state index contributed by atoms with van der Waals surface area (Å²) in [6, 6.07) is 8.18. The molecule has 0 aliphatic carbocycles. The zero-order valence-electron chi connectivity index (χ0n) is 16.7. The molecule has 3 rings (SSSR count). The first-order valence-electron chi connectivity index (χ1n) is 9.15. The Balaban J connectivity index is 2.17. The van der Waals surface area contributed by atoms with Crippen molar-refractivity contribution in [2.24, 2.45) is 0 Å². The highest BCUT2D eigenvalue weighted by Gasteiger charge is 2.23. The molecule has 0 fully saturated rings. The summed E-state index contributed by atoms with van der Waals surface area (Å²) in [6.45, 7) is 7.37. The number of nitrogens with one attached hydrogen (secondary N) is 2. The molecule has 0 saturated carbocycles. The van der Waals surface area contributed by atoms with Gasteiger partial charge in [0.2, 0.25) is 0 Å². The van der Waals surface area contributed by atoms with Gasteiger partial charge < -0.3 is 15.7 Å². The van der Waals surface area contributed by atoms with E-state index < -0.39 is 17.9 Å². The molecule has 0 aliphatic heterocycles. The Labute approximate surface area is 167 Å². The maximum Gasteiger partial charge on any atom is 0.325 e. The van der Waals surface area contributed by atoms with Gasteiger partial charge in [-0.15, -0.1) is 0 Å². The lowest BCUT2D eigenvalue weighted by atomic mass is 10.1. The van der Waals surface area contributed by atoms with Gasteiger partial charge in [-0.05, 0) is 64.1 Å². The number of pyridine rings is 1. The first-order valence-corrected chi connectivity index (χ1v) is 9.15. The number of carbonyl (C=O) groups is 2.